The van der Waals surface area contributed by atoms with Crippen LogP contribution in [0, 0.1) is 25.2 Å². The first-order valence-corrected chi connectivity index (χ1v) is 6.72. The van der Waals surface area contributed by atoms with Crippen molar-refractivity contribution in [2.45, 2.75) is 19.8 Å². The summed E-state index contributed by atoms with van der Waals surface area (Å²) in [6.07, 6.45) is 0. The van der Waals surface area contributed by atoms with E-state index in [1.165, 1.54) is 7.11 Å². The van der Waals surface area contributed by atoms with Crippen LogP contribution in [0.5, 0.6) is 5.75 Å². The summed E-state index contributed by atoms with van der Waals surface area (Å²) in [5.74, 6) is -0.548. The third kappa shape index (κ3) is 2.95. The molecule has 0 aliphatic rings. The van der Waals surface area contributed by atoms with Crippen molar-refractivity contribution >= 4 is 5.78 Å². The average Bonchev–Trinajstić information content (AvgIpc) is 2.49. The van der Waals surface area contributed by atoms with Gasteiger partial charge in [-0.15, -0.1) is 0 Å². The van der Waals surface area contributed by atoms with E-state index in [1.807, 2.05) is 44.2 Å². The van der Waals surface area contributed by atoms with Gasteiger partial charge in [-0.25, -0.2) is 0 Å². The summed E-state index contributed by atoms with van der Waals surface area (Å²) >= 11 is 0. The molecule has 1 atom stereocenters. The summed E-state index contributed by atoms with van der Waals surface area (Å²) < 4.78 is 5.25. The van der Waals surface area contributed by atoms with Crippen LogP contribution in [0.4, 0.5) is 0 Å². The van der Waals surface area contributed by atoms with Crippen molar-refractivity contribution in [3.63, 3.8) is 0 Å². The number of ketones is 1. The first kappa shape index (κ1) is 14.8. The molecule has 2 rings (SSSR count). The van der Waals surface area contributed by atoms with Crippen LogP contribution in [0.15, 0.2) is 42.5 Å². The molecule has 0 saturated heterocycles. The van der Waals surface area contributed by atoms with Gasteiger partial charge in [0.25, 0.3) is 0 Å². The molecule has 0 amide bonds. The Bertz CT molecular complexity index is 713. The number of hydrogen-bond acceptors (Lipinski definition) is 3. The standard InChI is InChI=1S/C18H17NO2/c1-12-8-9-17(21-3)15(10-12)18(20)16(11-19)14-7-5-4-6-13(14)2/h4-10,16H,1-3H3. The van der Waals surface area contributed by atoms with Gasteiger partial charge >= 0.3 is 0 Å². The monoisotopic (exact) mass is 279 g/mol. The summed E-state index contributed by atoms with van der Waals surface area (Å²) in [6.45, 7) is 3.81. The minimum atomic E-state index is -0.818. The van der Waals surface area contributed by atoms with Crippen molar-refractivity contribution < 1.29 is 9.53 Å². The van der Waals surface area contributed by atoms with E-state index in [4.69, 9.17) is 4.74 Å². The first-order valence-electron chi connectivity index (χ1n) is 6.72. The molecule has 0 aliphatic heterocycles. The highest BCUT2D eigenvalue weighted by Gasteiger charge is 2.25. The predicted octanol–water partition coefficient (Wildman–Crippen LogP) is 3.80. The summed E-state index contributed by atoms with van der Waals surface area (Å²) in [5.41, 5.74) is 3.09. The number of Topliss-reactive ketones (excluding diaryl/α,β-unsaturated/α-hetero) is 1. The number of nitrogens with zero attached hydrogens (tertiary/aromatic N) is 1. The van der Waals surface area contributed by atoms with E-state index < -0.39 is 5.92 Å². The molecule has 106 valence electrons. The maximum absolute atomic E-state index is 12.8. The van der Waals surface area contributed by atoms with Crippen LogP contribution in [0.25, 0.3) is 0 Å². The first-order chi connectivity index (χ1) is 10.1. The summed E-state index contributed by atoms with van der Waals surface area (Å²) in [4.78, 5) is 12.8. The highest BCUT2D eigenvalue weighted by Crippen LogP contribution is 2.28. The molecule has 0 aromatic heterocycles. The second-order valence-corrected chi connectivity index (χ2v) is 4.99. The number of hydrogen-bond donors (Lipinski definition) is 0. The van der Waals surface area contributed by atoms with Crippen LogP contribution in [-0.2, 0) is 0 Å². The van der Waals surface area contributed by atoms with E-state index in [0.29, 0.717) is 11.3 Å². The van der Waals surface area contributed by atoms with E-state index in [2.05, 4.69) is 6.07 Å². The lowest BCUT2D eigenvalue weighted by atomic mass is 9.88. The van der Waals surface area contributed by atoms with Crippen LogP contribution in [0.3, 0.4) is 0 Å². The third-order valence-electron chi connectivity index (χ3n) is 3.51. The Morgan fingerprint density at radius 2 is 1.90 bits per heavy atom. The van der Waals surface area contributed by atoms with Crippen molar-refractivity contribution in [2.24, 2.45) is 0 Å². The number of aryl methyl sites for hydroxylation is 2. The fourth-order valence-corrected chi connectivity index (χ4v) is 2.35. The van der Waals surface area contributed by atoms with Gasteiger partial charge < -0.3 is 4.74 Å². The van der Waals surface area contributed by atoms with Crippen molar-refractivity contribution in [1.82, 2.24) is 0 Å². The number of carbonyl (C=O) groups is 1. The summed E-state index contributed by atoms with van der Waals surface area (Å²) in [7, 11) is 1.52. The Morgan fingerprint density at radius 1 is 1.19 bits per heavy atom. The number of carbonyl (C=O) groups excluding carboxylic acids is 1. The van der Waals surface area contributed by atoms with Crippen LogP contribution < -0.4 is 4.74 Å². The normalized spacial score (nSPS) is 11.5. The molecule has 0 spiro atoms. The van der Waals surface area contributed by atoms with Crippen LogP contribution in [0.1, 0.15) is 33.0 Å². The maximum Gasteiger partial charge on any atom is 0.188 e. The molecule has 0 heterocycles. The second kappa shape index (κ2) is 6.23. The predicted molar refractivity (Wildman–Crippen MR) is 81.6 cm³/mol. The molecule has 0 bridgehead atoms. The molecule has 0 radical (unpaired) electrons. The highest BCUT2D eigenvalue weighted by molar-refractivity contribution is 6.05. The summed E-state index contributed by atoms with van der Waals surface area (Å²) in [5, 5.41) is 9.46. The van der Waals surface area contributed by atoms with Gasteiger partial charge in [-0.2, -0.15) is 5.26 Å². The van der Waals surface area contributed by atoms with Gasteiger partial charge in [-0.05, 0) is 37.1 Å². The van der Waals surface area contributed by atoms with Crippen LogP contribution in [-0.4, -0.2) is 12.9 Å². The molecule has 21 heavy (non-hydrogen) atoms. The van der Waals surface area contributed by atoms with Gasteiger partial charge in [-0.3, -0.25) is 4.79 Å². The molecule has 2 aromatic rings. The molecule has 3 heteroatoms. The maximum atomic E-state index is 12.8. The second-order valence-electron chi connectivity index (χ2n) is 4.99. The Morgan fingerprint density at radius 3 is 2.52 bits per heavy atom. The minimum absolute atomic E-state index is 0.229. The fourth-order valence-electron chi connectivity index (χ4n) is 2.35. The Balaban J connectivity index is 2.50. The molecular weight excluding hydrogens is 262 g/mol. The van der Waals surface area contributed by atoms with E-state index in [1.54, 1.807) is 12.1 Å². The SMILES string of the molecule is COc1ccc(C)cc1C(=O)C(C#N)c1ccccc1C. The fraction of sp³-hybridized carbons (Fsp3) is 0.222. The van der Waals surface area contributed by atoms with Crippen molar-refractivity contribution in [1.29, 1.82) is 5.26 Å². The van der Waals surface area contributed by atoms with Gasteiger partial charge in [0.15, 0.2) is 5.78 Å². The minimum Gasteiger partial charge on any atom is -0.496 e. The highest BCUT2D eigenvalue weighted by atomic mass is 16.5. The lowest BCUT2D eigenvalue weighted by Gasteiger charge is -2.14. The van der Waals surface area contributed by atoms with E-state index >= 15 is 0 Å². The summed E-state index contributed by atoms with van der Waals surface area (Å²) in [6, 6.07) is 15.0. The average molecular weight is 279 g/mol. The molecule has 3 nitrogen and oxygen atoms in total. The smallest absolute Gasteiger partial charge is 0.188 e. The molecule has 0 N–H and O–H groups in total. The molecule has 0 aliphatic carbocycles. The Kier molecular flexibility index (Phi) is 4.39. The van der Waals surface area contributed by atoms with Crippen molar-refractivity contribution in [2.75, 3.05) is 7.11 Å². The molecule has 1 unspecified atom stereocenters. The Hall–Kier alpha value is -2.60. The lowest BCUT2D eigenvalue weighted by Crippen LogP contribution is -2.13. The number of benzene rings is 2. The molecular formula is C18H17NO2. The number of nitriles is 1. The third-order valence-corrected chi connectivity index (χ3v) is 3.51. The quantitative estimate of drug-likeness (QED) is 0.800. The van der Waals surface area contributed by atoms with Gasteiger partial charge in [0.2, 0.25) is 0 Å². The van der Waals surface area contributed by atoms with Gasteiger partial charge in [0.1, 0.15) is 11.7 Å². The van der Waals surface area contributed by atoms with E-state index in [-0.39, 0.29) is 5.78 Å². The van der Waals surface area contributed by atoms with E-state index in [0.717, 1.165) is 16.7 Å². The van der Waals surface area contributed by atoms with Crippen LogP contribution in [0.2, 0.25) is 0 Å². The lowest BCUT2D eigenvalue weighted by molar-refractivity contribution is 0.0975. The largest absolute Gasteiger partial charge is 0.496 e. The van der Waals surface area contributed by atoms with E-state index in [9.17, 15) is 10.1 Å². The van der Waals surface area contributed by atoms with Crippen molar-refractivity contribution in [3.05, 3.63) is 64.7 Å². The number of ether oxygens (including phenoxy) is 1. The Labute approximate surface area is 124 Å². The zero-order chi connectivity index (χ0) is 15.4. The zero-order valence-electron chi connectivity index (χ0n) is 12.4. The molecule has 0 saturated carbocycles. The van der Waals surface area contributed by atoms with Crippen molar-refractivity contribution in [3.8, 4) is 11.8 Å². The molecule has 2 aromatic carbocycles. The topological polar surface area (TPSA) is 50.1 Å². The van der Waals surface area contributed by atoms with Gasteiger partial charge in [-0.1, -0.05) is 35.9 Å². The van der Waals surface area contributed by atoms with Gasteiger partial charge in [0.05, 0.1) is 18.7 Å². The number of methoxy groups -OCH3 is 1. The molecule has 0 fully saturated rings. The van der Waals surface area contributed by atoms with Gasteiger partial charge in [0, 0.05) is 0 Å². The van der Waals surface area contributed by atoms with Crippen LogP contribution >= 0.6 is 0 Å². The number of rotatable bonds is 4. The zero-order valence-corrected chi connectivity index (χ0v) is 12.4.